The van der Waals surface area contributed by atoms with Crippen molar-refractivity contribution < 1.29 is 68.1 Å². The number of ketones is 1. The number of amides is 1. The fourth-order valence-corrected chi connectivity index (χ4v) is 9.56. The topological polar surface area (TPSA) is 224 Å². The molecular weight excluding hydrogens is 754 g/mol. The zero-order valence-electron chi connectivity index (χ0n) is 33.9. The fourth-order valence-electron chi connectivity index (χ4n) is 9.56. The minimum atomic E-state index is -2.35. The summed E-state index contributed by atoms with van der Waals surface area (Å²) in [4.78, 5) is 68.9. The van der Waals surface area contributed by atoms with Crippen LogP contribution in [0.5, 0.6) is 0 Å². The first-order valence-corrected chi connectivity index (χ1v) is 19.3. The monoisotopic (exact) mass is 807 g/mol. The molecule has 1 aliphatic heterocycles. The minimum absolute atomic E-state index is 0.0637. The maximum absolute atomic E-state index is 14.9. The Morgan fingerprint density at radius 1 is 0.948 bits per heavy atom. The Morgan fingerprint density at radius 2 is 1.55 bits per heavy atom. The van der Waals surface area contributed by atoms with Crippen LogP contribution in [0.4, 0.5) is 4.79 Å². The SMILES string of the molecule is CC(=O)OC12CO[C@@H]1C[C@H](O)[C@@]1(C)C(=O)C(O)C3=C(C)C(OC(=O)[C@@H](O)C(NC(=O)OC(C)(C)C)c4ccccc4)C[C@@](O)(C(OC(=O)c4ccccc4)C21)C3(C)C. The van der Waals surface area contributed by atoms with Gasteiger partial charge in [0, 0.05) is 25.2 Å². The number of aliphatic hydroxyl groups is 4. The van der Waals surface area contributed by atoms with Crippen LogP contribution < -0.4 is 5.32 Å². The molecule has 2 bridgehead atoms. The molecule has 0 aromatic heterocycles. The normalized spacial score (nSPS) is 33.7. The van der Waals surface area contributed by atoms with Crippen molar-refractivity contribution in [2.45, 2.75) is 128 Å². The molecule has 0 spiro atoms. The number of benzene rings is 2. The number of carbonyl (C=O) groups excluding carboxylic acids is 5. The van der Waals surface area contributed by atoms with Gasteiger partial charge in [0.25, 0.3) is 0 Å². The number of alkyl carbamates (subject to hydrolysis) is 1. The standard InChI is InChI=1S/C43H53NO14/c1-22-26(55-37(51)32(48)30(24-15-11-9-12-16-24)44-38(52)58-39(3,4)5)20-43(53)35(56-36(50)25-17-13-10-14-18-25)33-41(8,34(49)31(47)29(22)40(43,6)7)27(46)19-28-42(33,21-54-28)57-23(2)45/h9-18,26-28,30-33,35,46-48,53H,19-21H2,1-8H3,(H,44,52)/t26?,27-,28+,30?,31?,32-,33?,35?,41+,42?,43+/m0/s1. The molecule has 2 aromatic rings. The van der Waals surface area contributed by atoms with E-state index in [2.05, 4.69) is 5.32 Å². The Balaban J connectivity index is 1.49. The number of Topliss-reactive ketones (excluding diaryl/α,β-unsaturated/α-hetero) is 1. The molecule has 58 heavy (non-hydrogen) atoms. The zero-order valence-corrected chi connectivity index (χ0v) is 33.9. The molecule has 3 fully saturated rings. The van der Waals surface area contributed by atoms with Crippen molar-refractivity contribution in [2.24, 2.45) is 16.7 Å². The lowest BCUT2D eigenvalue weighted by Crippen LogP contribution is -2.81. The number of ether oxygens (including phenoxy) is 5. The number of hydrogen-bond acceptors (Lipinski definition) is 14. The van der Waals surface area contributed by atoms with Gasteiger partial charge in [-0.3, -0.25) is 9.59 Å². The number of fused-ring (bicyclic) bond motifs is 5. The van der Waals surface area contributed by atoms with Gasteiger partial charge in [0.1, 0.15) is 35.6 Å². The highest BCUT2D eigenvalue weighted by atomic mass is 16.6. The summed E-state index contributed by atoms with van der Waals surface area (Å²) in [5.74, 6) is -5.36. The van der Waals surface area contributed by atoms with Gasteiger partial charge in [-0.25, -0.2) is 14.4 Å². The van der Waals surface area contributed by atoms with Crippen molar-refractivity contribution >= 4 is 29.8 Å². The summed E-state index contributed by atoms with van der Waals surface area (Å²) >= 11 is 0. The second kappa shape index (κ2) is 15.2. The van der Waals surface area contributed by atoms with E-state index >= 15 is 0 Å². The first-order chi connectivity index (χ1) is 27.0. The van der Waals surface area contributed by atoms with Crippen LogP contribution in [0.2, 0.25) is 0 Å². The van der Waals surface area contributed by atoms with Crippen molar-refractivity contribution in [1.29, 1.82) is 0 Å². The van der Waals surface area contributed by atoms with E-state index in [1.807, 2.05) is 0 Å². The summed E-state index contributed by atoms with van der Waals surface area (Å²) in [6, 6.07) is 14.6. The quantitative estimate of drug-likeness (QED) is 0.147. The van der Waals surface area contributed by atoms with Crippen LogP contribution >= 0.6 is 0 Å². The number of esters is 3. The van der Waals surface area contributed by atoms with Crippen molar-refractivity contribution in [1.82, 2.24) is 5.32 Å². The van der Waals surface area contributed by atoms with Crippen LogP contribution in [0.3, 0.4) is 0 Å². The molecule has 2 aromatic carbocycles. The fraction of sp³-hybridized carbons (Fsp3) is 0.558. The summed E-state index contributed by atoms with van der Waals surface area (Å²) in [5.41, 5.74) is -8.14. The highest BCUT2D eigenvalue weighted by molar-refractivity contribution is 5.94. The second-order valence-corrected chi connectivity index (χ2v) is 17.6. The van der Waals surface area contributed by atoms with E-state index in [0.29, 0.717) is 5.56 Å². The second-order valence-electron chi connectivity index (χ2n) is 17.6. The number of nitrogens with one attached hydrogen (secondary N) is 1. The largest absolute Gasteiger partial charge is 0.456 e. The van der Waals surface area contributed by atoms with Gasteiger partial charge in [-0.15, -0.1) is 0 Å². The zero-order chi connectivity index (χ0) is 42.7. The molecule has 6 unspecified atom stereocenters. The third-order valence-electron chi connectivity index (χ3n) is 12.6. The molecule has 5 N–H and O–H groups in total. The lowest BCUT2D eigenvalue weighted by Gasteiger charge is -2.67. The van der Waals surface area contributed by atoms with E-state index in [1.165, 1.54) is 26.0 Å². The number of hydrogen-bond donors (Lipinski definition) is 5. The Hall–Kier alpha value is -4.67. The summed E-state index contributed by atoms with van der Waals surface area (Å²) in [5, 5.41) is 51.6. The van der Waals surface area contributed by atoms with E-state index in [1.54, 1.807) is 83.1 Å². The van der Waals surface area contributed by atoms with Gasteiger partial charge in [0.15, 0.2) is 17.5 Å². The highest BCUT2D eigenvalue weighted by Crippen LogP contribution is 2.64. The Bertz CT molecular complexity index is 1980. The predicted octanol–water partition coefficient (Wildman–Crippen LogP) is 3.26. The van der Waals surface area contributed by atoms with Crippen LogP contribution in [-0.4, -0.2) is 110 Å². The maximum atomic E-state index is 14.9. The predicted molar refractivity (Wildman–Crippen MR) is 204 cm³/mol. The van der Waals surface area contributed by atoms with Crippen LogP contribution in [0.15, 0.2) is 71.8 Å². The molecule has 1 amide bonds. The van der Waals surface area contributed by atoms with Crippen LogP contribution in [0.1, 0.15) is 90.2 Å². The van der Waals surface area contributed by atoms with E-state index in [9.17, 15) is 44.4 Å². The van der Waals surface area contributed by atoms with Gasteiger partial charge in [-0.2, -0.15) is 0 Å². The molecule has 3 aliphatic carbocycles. The van der Waals surface area contributed by atoms with E-state index in [-0.39, 0.29) is 29.7 Å². The Labute approximate surface area is 336 Å². The van der Waals surface area contributed by atoms with Gasteiger partial charge in [-0.1, -0.05) is 62.4 Å². The smallest absolute Gasteiger partial charge is 0.408 e. The molecule has 6 rings (SSSR count). The number of rotatable bonds is 8. The first-order valence-electron chi connectivity index (χ1n) is 19.3. The third-order valence-corrected chi connectivity index (χ3v) is 12.6. The molecule has 314 valence electrons. The molecule has 1 saturated heterocycles. The van der Waals surface area contributed by atoms with Gasteiger partial charge < -0.3 is 49.4 Å². The third kappa shape index (κ3) is 7.10. The Morgan fingerprint density at radius 3 is 2.10 bits per heavy atom. The van der Waals surface area contributed by atoms with Crippen LogP contribution in [0, 0.1) is 16.7 Å². The van der Waals surface area contributed by atoms with E-state index in [4.69, 9.17) is 23.7 Å². The van der Waals surface area contributed by atoms with Crippen molar-refractivity contribution in [3.8, 4) is 0 Å². The summed E-state index contributed by atoms with van der Waals surface area (Å²) < 4.78 is 29.5. The van der Waals surface area contributed by atoms with Crippen molar-refractivity contribution in [3.05, 3.63) is 82.9 Å². The lowest BCUT2D eigenvalue weighted by atomic mass is 9.44. The van der Waals surface area contributed by atoms with Crippen molar-refractivity contribution in [3.63, 3.8) is 0 Å². The first kappa shape index (κ1) is 42.9. The van der Waals surface area contributed by atoms with Crippen molar-refractivity contribution in [2.75, 3.05) is 6.61 Å². The molecule has 15 heteroatoms. The maximum Gasteiger partial charge on any atom is 0.408 e. The molecule has 1 heterocycles. The summed E-state index contributed by atoms with van der Waals surface area (Å²) in [7, 11) is 0. The molecule has 2 saturated carbocycles. The summed E-state index contributed by atoms with van der Waals surface area (Å²) in [6.07, 6.45) is -11.5. The Kier molecular flexibility index (Phi) is 11.2. The minimum Gasteiger partial charge on any atom is -0.456 e. The molecule has 11 atom stereocenters. The van der Waals surface area contributed by atoms with Crippen LogP contribution in [-0.2, 0) is 38.1 Å². The molecule has 4 aliphatic rings. The van der Waals surface area contributed by atoms with Crippen LogP contribution in [0.25, 0.3) is 0 Å². The number of aliphatic hydroxyl groups excluding tert-OH is 3. The van der Waals surface area contributed by atoms with Gasteiger partial charge in [-0.05, 0) is 63.5 Å². The molecular formula is C43H53NO14. The van der Waals surface area contributed by atoms with Gasteiger partial charge in [0.05, 0.1) is 35.6 Å². The van der Waals surface area contributed by atoms with Gasteiger partial charge in [0.2, 0.25) is 0 Å². The molecule has 0 radical (unpaired) electrons. The highest BCUT2D eigenvalue weighted by Gasteiger charge is 2.78. The molecule has 15 nitrogen and oxygen atoms in total. The summed E-state index contributed by atoms with van der Waals surface area (Å²) in [6.45, 7) is 11.8. The average Bonchev–Trinajstić information content (AvgIpc) is 3.14. The number of carbonyl (C=O) groups is 5. The van der Waals surface area contributed by atoms with Gasteiger partial charge >= 0.3 is 24.0 Å². The lowest BCUT2D eigenvalue weighted by molar-refractivity contribution is -0.346. The average molecular weight is 808 g/mol. The van der Waals surface area contributed by atoms with E-state index in [0.717, 1.165) is 6.92 Å². The van der Waals surface area contributed by atoms with E-state index < -0.39 is 112 Å².